The third-order valence-corrected chi connectivity index (χ3v) is 6.57. The summed E-state index contributed by atoms with van der Waals surface area (Å²) in [4.78, 5) is 25.6. The molecule has 170 valence electrons. The van der Waals surface area contributed by atoms with Crippen LogP contribution in [0, 0.1) is 6.92 Å². The number of esters is 1. The number of nitrogens with one attached hydrogen (secondary N) is 1. The number of hydrogen-bond acceptors (Lipinski definition) is 5. The van der Waals surface area contributed by atoms with Crippen LogP contribution in [-0.2, 0) is 6.42 Å². The van der Waals surface area contributed by atoms with E-state index in [0.29, 0.717) is 45.7 Å². The van der Waals surface area contributed by atoms with E-state index in [2.05, 4.69) is 26.5 Å². The first-order valence-corrected chi connectivity index (χ1v) is 11.8. The maximum Gasteiger partial charge on any atom is 0.379 e. The molecular formula is C27H21BrN2O4. The molecule has 0 fully saturated rings. The summed E-state index contributed by atoms with van der Waals surface area (Å²) in [7, 11) is 0. The fourth-order valence-electron chi connectivity index (χ4n) is 4.23. The maximum atomic E-state index is 13.1. The Balaban J connectivity index is 1.42. The van der Waals surface area contributed by atoms with Gasteiger partial charge in [0.25, 0.3) is 5.91 Å². The number of hydrogen-bond donors (Lipinski definition) is 1. The Kier molecular flexibility index (Phi) is 6.02. The number of rotatable bonds is 4. The molecule has 6 nitrogen and oxygen atoms in total. The molecule has 1 aromatic heterocycles. The molecule has 0 saturated carbocycles. The van der Waals surface area contributed by atoms with E-state index in [4.69, 9.17) is 9.15 Å². The first kappa shape index (κ1) is 22.1. The number of aryl methyl sites for hydroxylation is 1. The van der Waals surface area contributed by atoms with Gasteiger partial charge in [-0.3, -0.25) is 4.79 Å². The Hall–Kier alpha value is -3.71. The average molecular weight is 517 g/mol. The van der Waals surface area contributed by atoms with Crippen LogP contribution >= 0.6 is 15.9 Å². The highest BCUT2D eigenvalue weighted by atomic mass is 79.9. The van der Waals surface area contributed by atoms with Gasteiger partial charge in [0.05, 0.1) is 11.3 Å². The van der Waals surface area contributed by atoms with Crippen LogP contribution in [0.1, 0.15) is 50.6 Å². The summed E-state index contributed by atoms with van der Waals surface area (Å²) >= 11 is 3.39. The number of benzene rings is 3. The summed E-state index contributed by atoms with van der Waals surface area (Å²) in [6.07, 6.45) is 2.16. The predicted molar refractivity (Wildman–Crippen MR) is 133 cm³/mol. The van der Waals surface area contributed by atoms with Gasteiger partial charge >= 0.3 is 5.97 Å². The Morgan fingerprint density at radius 1 is 1.00 bits per heavy atom. The van der Waals surface area contributed by atoms with Crippen molar-refractivity contribution in [2.75, 3.05) is 0 Å². The smallest absolute Gasteiger partial charge is 0.379 e. The predicted octanol–water partition coefficient (Wildman–Crippen LogP) is 6.19. The van der Waals surface area contributed by atoms with Gasteiger partial charge in [0.1, 0.15) is 11.5 Å². The summed E-state index contributed by atoms with van der Waals surface area (Å²) in [6.45, 7) is 1.82. The fourth-order valence-corrected chi connectivity index (χ4v) is 4.69. The fraction of sp³-hybridized carbons (Fsp3) is 0.148. The highest BCUT2D eigenvalue weighted by Gasteiger charge is 2.29. The zero-order valence-electron chi connectivity index (χ0n) is 18.4. The van der Waals surface area contributed by atoms with E-state index in [-0.39, 0.29) is 11.7 Å². The number of nitrogens with zero attached hydrogens (tertiary/aromatic N) is 1. The summed E-state index contributed by atoms with van der Waals surface area (Å²) < 4.78 is 12.4. The van der Waals surface area contributed by atoms with E-state index in [0.717, 1.165) is 22.8 Å². The van der Waals surface area contributed by atoms with Crippen LogP contribution in [0.2, 0.25) is 0 Å². The SMILES string of the molecule is Cc1c(C(=O)Oc2cccc3ccccc23)oc2c1/C(=N/NC(=O)c1ccccc1Br)CCC2. The third-order valence-electron chi connectivity index (χ3n) is 5.87. The monoisotopic (exact) mass is 516 g/mol. The number of furan rings is 1. The highest BCUT2D eigenvalue weighted by molar-refractivity contribution is 9.10. The third kappa shape index (κ3) is 4.15. The molecule has 0 bridgehead atoms. The van der Waals surface area contributed by atoms with Crippen molar-refractivity contribution < 1.29 is 18.7 Å². The Morgan fingerprint density at radius 2 is 1.76 bits per heavy atom. The van der Waals surface area contributed by atoms with Crippen LogP contribution in [0.15, 0.2) is 80.7 Å². The second kappa shape index (κ2) is 9.27. The molecule has 5 rings (SSSR count). The summed E-state index contributed by atoms with van der Waals surface area (Å²) in [6, 6.07) is 20.5. The molecule has 4 aromatic rings. The van der Waals surface area contributed by atoms with Gasteiger partial charge in [-0.2, -0.15) is 5.10 Å². The van der Waals surface area contributed by atoms with Crippen molar-refractivity contribution in [3.63, 3.8) is 0 Å². The second-order valence-electron chi connectivity index (χ2n) is 8.05. The van der Waals surface area contributed by atoms with Crippen molar-refractivity contribution in [2.45, 2.75) is 26.2 Å². The lowest BCUT2D eigenvalue weighted by molar-refractivity contribution is 0.0700. The number of halogens is 1. The summed E-state index contributed by atoms with van der Waals surface area (Å²) in [5.41, 5.74) is 5.24. The van der Waals surface area contributed by atoms with Crippen LogP contribution in [-0.4, -0.2) is 17.6 Å². The Morgan fingerprint density at radius 3 is 2.62 bits per heavy atom. The summed E-state index contributed by atoms with van der Waals surface area (Å²) in [5.74, 6) is 0.447. The largest absolute Gasteiger partial charge is 0.453 e. The lowest BCUT2D eigenvalue weighted by atomic mass is 9.93. The van der Waals surface area contributed by atoms with Gasteiger partial charge in [0.2, 0.25) is 5.76 Å². The lowest BCUT2D eigenvalue weighted by Gasteiger charge is -2.13. The zero-order valence-corrected chi connectivity index (χ0v) is 20.0. The molecule has 0 spiro atoms. The number of hydrazone groups is 1. The summed E-state index contributed by atoms with van der Waals surface area (Å²) in [5, 5.41) is 6.22. The van der Waals surface area contributed by atoms with Gasteiger partial charge in [0.15, 0.2) is 0 Å². The molecule has 1 N–H and O–H groups in total. The van der Waals surface area contributed by atoms with E-state index in [1.165, 1.54) is 0 Å². The number of carbonyl (C=O) groups excluding carboxylic acids is 2. The molecule has 1 aliphatic carbocycles. The average Bonchev–Trinajstić information content (AvgIpc) is 3.20. The molecule has 0 atom stereocenters. The molecule has 34 heavy (non-hydrogen) atoms. The molecule has 7 heteroatoms. The van der Waals surface area contributed by atoms with Gasteiger partial charge in [-0.25, -0.2) is 10.2 Å². The van der Waals surface area contributed by atoms with Crippen LogP contribution in [0.5, 0.6) is 5.75 Å². The Labute approximate surface area is 204 Å². The van der Waals surface area contributed by atoms with Crippen molar-refractivity contribution in [1.82, 2.24) is 5.43 Å². The molecule has 1 heterocycles. The van der Waals surface area contributed by atoms with E-state index >= 15 is 0 Å². The maximum absolute atomic E-state index is 13.1. The zero-order chi connectivity index (χ0) is 23.7. The van der Waals surface area contributed by atoms with Crippen molar-refractivity contribution in [3.8, 4) is 5.75 Å². The van der Waals surface area contributed by atoms with E-state index in [1.54, 1.807) is 24.3 Å². The quantitative estimate of drug-likeness (QED) is 0.199. The highest BCUT2D eigenvalue weighted by Crippen LogP contribution is 2.32. The molecule has 0 saturated heterocycles. The van der Waals surface area contributed by atoms with Crippen LogP contribution in [0.25, 0.3) is 10.8 Å². The van der Waals surface area contributed by atoms with Crippen molar-refractivity contribution >= 4 is 44.3 Å². The molecule has 3 aromatic carbocycles. The van der Waals surface area contributed by atoms with Crippen molar-refractivity contribution in [3.05, 3.63) is 99.4 Å². The topological polar surface area (TPSA) is 80.9 Å². The first-order valence-electron chi connectivity index (χ1n) is 11.0. The van der Waals surface area contributed by atoms with Crippen LogP contribution < -0.4 is 10.2 Å². The van der Waals surface area contributed by atoms with Gasteiger partial charge in [-0.05, 0) is 59.3 Å². The normalized spacial score (nSPS) is 14.1. The van der Waals surface area contributed by atoms with Crippen molar-refractivity contribution in [2.24, 2.45) is 5.10 Å². The number of ether oxygens (including phenoxy) is 1. The second-order valence-corrected chi connectivity index (χ2v) is 8.91. The minimum Gasteiger partial charge on any atom is -0.453 e. The van der Waals surface area contributed by atoms with Crippen LogP contribution in [0.4, 0.5) is 0 Å². The molecule has 0 radical (unpaired) electrons. The number of amides is 1. The Bertz CT molecular complexity index is 1450. The van der Waals surface area contributed by atoms with Gasteiger partial charge in [-0.15, -0.1) is 0 Å². The molecule has 0 aliphatic heterocycles. The van der Waals surface area contributed by atoms with Gasteiger partial charge in [0, 0.05) is 27.4 Å². The molecule has 1 amide bonds. The standard InChI is InChI=1S/C27H21BrN2O4/c1-16-24-21(29-30-26(31)19-11-4-5-12-20(19)28)13-7-15-23(24)33-25(16)27(32)34-22-14-6-9-17-8-2-3-10-18(17)22/h2-6,8-12,14H,7,13,15H2,1H3,(H,30,31)/b29-21+. The van der Waals surface area contributed by atoms with E-state index in [9.17, 15) is 9.59 Å². The minimum absolute atomic E-state index is 0.157. The van der Waals surface area contributed by atoms with E-state index < -0.39 is 5.97 Å². The number of carbonyl (C=O) groups is 2. The van der Waals surface area contributed by atoms with Gasteiger partial charge in [-0.1, -0.05) is 48.5 Å². The molecular weight excluding hydrogens is 496 g/mol. The minimum atomic E-state index is -0.556. The molecule has 0 unspecified atom stereocenters. The van der Waals surface area contributed by atoms with E-state index in [1.807, 2.05) is 49.4 Å². The van der Waals surface area contributed by atoms with Crippen molar-refractivity contribution in [1.29, 1.82) is 0 Å². The lowest BCUT2D eigenvalue weighted by Crippen LogP contribution is -2.22. The first-order chi connectivity index (χ1) is 16.5. The number of fused-ring (bicyclic) bond motifs is 2. The van der Waals surface area contributed by atoms with Gasteiger partial charge < -0.3 is 9.15 Å². The molecule has 1 aliphatic rings. The van der Waals surface area contributed by atoms with Crippen LogP contribution in [0.3, 0.4) is 0 Å².